The highest BCUT2D eigenvalue weighted by atomic mass is 28.3. The molecule has 0 N–H and O–H groups in total. The maximum absolute atomic E-state index is 13.4. The molecule has 0 bridgehead atoms. The number of hydrogen-bond donors (Lipinski definition) is 0. The van der Waals surface area contributed by atoms with Crippen molar-refractivity contribution in [2.75, 3.05) is 14.2 Å². The molecule has 12 heteroatoms. The van der Waals surface area contributed by atoms with Crippen LogP contribution in [0.4, 0.5) is 39.5 Å². The predicted molar refractivity (Wildman–Crippen MR) is 51.5 cm³/mol. The van der Waals surface area contributed by atoms with E-state index in [1.165, 1.54) is 0 Å². The molecule has 0 saturated heterocycles. The molecule has 0 aromatic rings. The molecule has 1 atom stereocenters. The van der Waals surface area contributed by atoms with Gasteiger partial charge in [0.15, 0.2) is 0 Å². The fourth-order valence-electron chi connectivity index (χ4n) is 1.35. The molecular formula is C8H11F9O2Si. The molecule has 0 aromatic carbocycles. The minimum absolute atomic E-state index is 0.365. The lowest BCUT2D eigenvalue weighted by Gasteiger charge is -2.37. The number of hydrogen-bond acceptors (Lipinski definition) is 2. The van der Waals surface area contributed by atoms with Crippen LogP contribution in [0.1, 0.15) is 6.92 Å². The zero-order chi connectivity index (χ0) is 16.6. The quantitative estimate of drug-likeness (QED) is 0.546. The van der Waals surface area contributed by atoms with Crippen molar-refractivity contribution in [2.45, 2.75) is 36.4 Å². The SMILES string of the molecule is CO[SiH](OC)C(C)C(F)(F)C(F)(F)C(F)(F)C(F)(F)F. The van der Waals surface area contributed by atoms with Gasteiger partial charge in [0.25, 0.3) is 0 Å². The summed E-state index contributed by atoms with van der Waals surface area (Å²) in [5, 5.41) is 0. The summed E-state index contributed by atoms with van der Waals surface area (Å²) in [6.07, 6.45) is -6.82. The average molecular weight is 338 g/mol. The molecule has 2 nitrogen and oxygen atoms in total. The summed E-state index contributed by atoms with van der Waals surface area (Å²) in [4.78, 5) is 0. The van der Waals surface area contributed by atoms with Crippen LogP contribution in [-0.4, -0.2) is 47.4 Å². The summed E-state index contributed by atoms with van der Waals surface area (Å²) in [5.74, 6) is -19.2. The highest BCUT2D eigenvalue weighted by molar-refractivity contribution is 6.46. The molecule has 1 unspecified atom stereocenters. The number of alkyl halides is 9. The van der Waals surface area contributed by atoms with Gasteiger partial charge in [0.1, 0.15) is 0 Å². The summed E-state index contributed by atoms with van der Waals surface area (Å²) < 4.78 is 122. The minimum atomic E-state index is -6.89. The Kier molecular flexibility index (Phi) is 5.57. The van der Waals surface area contributed by atoms with Crippen molar-refractivity contribution >= 4 is 9.28 Å². The van der Waals surface area contributed by atoms with Gasteiger partial charge in [-0.05, 0) is 0 Å². The van der Waals surface area contributed by atoms with Crippen molar-refractivity contribution in [2.24, 2.45) is 0 Å². The molecule has 20 heavy (non-hydrogen) atoms. The Morgan fingerprint density at radius 1 is 0.750 bits per heavy atom. The Bertz CT molecular complexity index is 326. The Morgan fingerprint density at radius 2 is 1.10 bits per heavy atom. The molecular weight excluding hydrogens is 327 g/mol. The molecule has 0 aromatic heterocycles. The molecule has 0 aliphatic rings. The van der Waals surface area contributed by atoms with Crippen LogP contribution in [0.25, 0.3) is 0 Å². The van der Waals surface area contributed by atoms with Crippen LogP contribution in [-0.2, 0) is 8.85 Å². The monoisotopic (exact) mass is 338 g/mol. The summed E-state index contributed by atoms with van der Waals surface area (Å²) in [6.45, 7) is 0.365. The fraction of sp³-hybridized carbons (Fsp3) is 1.00. The van der Waals surface area contributed by atoms with Gasteiger partial charge in [-0.15, -0.1) is 0 Å². The lowest BCUT2D eigenvalue weighted by atomic mass is 10.0. The standard InChI is InChI=1S/C8H11F9O2Si/c1-4(20(18-2)19-3)5(9,10)6(11,12)7(13,14)8(15,16)17/h4,20H,1-3H3. The maximum atomic E-state index is 13.4. The summed E-state index contributed by atoms with van der Waals surface area (Å²) in [5.41, 5.74) is -2.62. The maximum Gasteiger partial charge on any atom is 0.460 e. The summed E-state index contributed by atoms with van der Waals surface area (Å²) in [6, 6.07) is 0. The Morgan fingerprint density at radius 3 is 1.35 bits per heavy atom. The first-order valence-corrected chi connectivity index (χ1v) is 6.55. The van der Waals surface area contributed by atoms with E-state index in [1.807, 2.05) is 0 Å². The van der Waals surface area contributed by atoms with Gasteiger partial charge in [0, 0.05) is 14.2 Å². The average Bonchev–Trinajstić information content (AvgIpc) is 2.28. The lowest BCUT2D eigenvalue weighted by Crippen LogP contribution is -2.63. The van der Waals surface area contributed by atoms with Crippen molar-refractivity contribution in [3.8, 4) is 0 Å². The second-order valence-corrected chi connectivity index (χ2v) is 6.58. The van der Waals surface area contributed by atoms with Crippen molar-refractivity contribution in [3.05, 3.63) is 0 Å². The number of halogens is 9. The van der Waals surface area contributed by atoms with E-state index in [0.717, 1.165) is 14.2 Å². The molecule has 0 aliphatic heterocycles. The second-order valence-electron chi connectivity index (χ2n) is 3.90. The molecule has 122 valence electrons. The first kappa shape index (κ1) is 19.5. The fourth-order valence-corrected chi connectivity index (χ4v) is 2.91. The summed E-state index contributed by atoms with van der Waals surface area (Å²) in [7, 11) is -1.97. The van der Waals surface area contributed by atoms with E-state index >= 15 is 0 Å². The zero-order valence-electron chi connectivity index (χ0n) is 10.4. The van der Waals surface area contributed by atoms with Crippen molar-refractivity contribution in [1.29, 1.82) is 0 Å². The Balaban J connectivity index is 5.68. The zero-order valence-corrected chi connectivity index (χ0v) is 11.5. The van der Waals surface area contributed by atoms with Crippen molar-refractivity contribution in [1.82, 2.24) is 0 Å². The molecule has 0 fully saturated rings. The van der Waals surface area contributed by atoms with Crippen LogP contribution in [0.15, 0.2) is 0 Å². The highest BCUT2D eigenvalue weighted by Gasteiger charge is 2.83. The second kappa shape index (κ2) is 5.71. The number of rotatable bonds is 6. The predicted octanol–water partition coefficient (Wildman–Crippen LogP) is 3.36. The third-order valence-electron chi connectivity index (χ3n) is 2.61. The van der Waals surface area contributed by atoms with Gasteiger partial charge < -0.3 is 8.85 Å². The van der Waals surface area contributed by atoms with E-state index in [1.54, 1.807) is 0 Å². The van der Waals surface area contributed by atoms with Gasteiger partial charge in [-0.3, -0.25) is 0 Å². The van der Waals surface area contributed by atoms with E-state index < -0.39 is 38.8 Å². The minimum Gasteiger partial charge on any atom is -0.400 e. The van der Waals surface area contributed by atoms with Crippen molar-refractivity contribution < 1.29 is 48.4 Å². The van der Waals surface area contributed by atoms with Gasteiger partial charge in [0.05, 0.1) is 5.54 Å². The summed E-state index contributed by atoms with van der Waals surface area (Å²) >= 11 is 0. The van der Waals surface area contributed by atoms with Gasteiger partial charge in [-0.2, -0.15) is 39.5 Å². The molecule has 0 rings (SSSR count). The van der Waals surface area contributed by atoms with E-state index in [-0.39, 0.29) is 0 Å². The Labute approximate surface area is 109 Å². The van der Waals surface area contributed by atoms with Gasteiger partial charge in [-0.25, -0.2) is 0 Å². The molecule has 0 spiro atoms. The van der Waals surface area contributed by atoms with Crippen LogP contribution >= 0.6 is 0 Å². The van der Waals surface area contributed by atoms with E-state index in [0.29, 0.717) is 6.92 Å². The van der Waals surface area contributed by atoms with Gasteiger partial charge in [-0.1, -0.05) is 6.92 Å². The van der Waals surface area contributed by atoms with Gasteiger partial charge >= 0.3 is 33.2 Å². The van der Waals surface area contributed by atoms with Gasteiger partial charge in [0.2, 0.25) is 0 Å². The van der Waals surface area contributed by atoms with Crippen molar-refractivity contribution in [3.63, 3.8) is 0 Å². The molecule has 0 aliphatic carbocycles. The van der Waals surface area contributed by atoms with Crippen LogP contribution in [0, 0.1) is 0 Å². The smallest absolute Gasteiger partial charge is 0.400 e. The van der Waals surface area contributed by atoms with E-state index in [2.05, 4.69) is 8.85 Å². The van der Waals surface area contributed by atoms with Crippen LogP contribution in [0.3, 0.4) is 0 Å². The first-order valence-electron chi connectivity index (χ1n) is 4.94. The third kappa shape index (κ3) is 2.91. The van der Waals surface area contributed by atoms with Crippen LogP contribution < -0.4 is 0 Å². The molecule has 0 heterocycles. The molecule has 0 radical (unpaired) electrons. The Hall–Kier alpha value is -0.493. The highest BCUT2D eigenvalue weighted by Crippen LogP contribution is 2.56. The lowest BCUT2D eigenvalue weighted by molar-refractivity contribution is -0.396. The van der Waals surface area contributed by atoms with E-state index in [9.17, 15) is 39.5 Å². The van der Waals surface area contributed by atoms with Crippen LogP contribution in [0.5, 0.6) is 0 Å². The third-order valence-corrected chi connectivity index (χ3v) is 4.78. The molecule has 0 saturated carbocycles. The first-order chi connectivity index (χ1) is 8.68. The molecule has 0 amide bonds. The normalized spacial score (nSPS) is 16.6. The van der Waals surface area contributed by atoms with Crippen LogP contribution in [0.2, 0.25) is 5.54 Å². The van der Waals surface area contributed by atoms with E-state index in [4.69, 9.17) is 0 Å². The topological polar surface area (TPSA) is 18.5 Å². The largest absolute Gasteiger partial charge is 0.460 e.